The van der Waals surface area contributed by atoms with Gasteiger partial charge in [0.15, 0.2) is 0 Å². The molecule has 1 aromatic heterocycles. The van der Waals surface area contributed by atoms with Gasteiger partial charge in [-0.2, -0.15) is 0 Å². The van der Waals surface area contributed by atoms with Crippen molar-refractivity contribution in [3.63, 3.8) is 0 Å². The molecule has 1 amide bonds. The molecule has 2 N–H and O–H groups in total. The van der Waals surface area contributed by atoms with E-state index in [4.69, 9.17) is 4.74 Å². The minimum absolute atomic E-state index is 0.0268. The molecule has 0 unspecified atom stereocenters. The van der Waals surface area contributed by atoms with Gasteiger partial charge in [0.25, 0.3) is 5.91 Å². The standard InChI is InChI=1S/C27H33N3O3/c1-3-33-25-17-24(28-29-25)18-30(2)27(32)22-12-9-19(10-13-22)15-20-11-14-23(16-20)26(31)21-7-5-4-6-8-21/h4-10,12-13,17,20,23,26,31H,3,11,14-16,18H2,1-2H3,(H,28,29)/t20-,23-,26+/m0/s1. The summed E-state index contributed by atoms with van der Waals surface area (Å²) in [6.45, 7) is 2.90. The van der Waals surface area contributed by atoms with Crippen LogP contribution < -0.4 is 4.74 Å². The molecule has 0 saturated heterocycles. The number of ether oxygens (including phenoxy) is 1. The summed E-state index contributed by atoms with van der Waals surface area (Å²) in [6.07, 6.45) is 3.82. The minimum atomic E-state index is -0.383. The number of benzene rings is 2. The number of aliphatic hydroxyl groups is 1. The Morgan fingerprint density at radius 3 is 2.67 bits per heavy atom. The van der Waals surface area contributed by atoms with E-state index in [0.29, 0.717) is 36.4 Å². The normalized spacial score (nSPS) is 18.8. The molecule has 33 heavy (non-hydrogen) atoms. The van der Waals surface area contributed by atoms with Crippen LogP contribution in [0.4, 0.5) is 0 Å². The number of aliphatic hydroxyl groups excluding tert-OH is 1. The Morgan fingerprint density at radius 1 is 1.18 bits per heavy atom. The van der Waals surface area contributed by atoms with Crippen LogP contribution in [0.15, 0.2) is 60.7 Å². The lowest BCUT2D eigenvalue weighted by molar-refractivity contribution is 0.0783. The third-order valence-electron chi connectivity index (χ3n) is 6.55. The van der Waals surface area contributed by atoms with Crippen LogP contribution in [0.1, 0.15) is 59.5 Å². The van der Waals surface area contributed by atoms with Crippen LogP contribution >= 0.6 is 0 Å². The lowest BCUT2D eigenvalue weighted by Crippen LogP contribution is -2.26. The molecule has 2 aromatic carbocycles. The van der Waals surface area contributed by atoms with E-state index < -0.39 is 0 Å². The average molecular weight is 448 g/mol. The number of aromatic nitrogens is 2. The van der Waals surface area contributed by atoms with E-state index in [9.17, 15) is 9.90 Å². The van der Waals surface area contributed by atoms with E-state index in [2.05, 4.69) is 22.3 Å². The fourth-order valence-electron chi connectivity index (χ4n) is 4.82. The number of H-pyrrole nitrogens is 1. The first-order valence-electron chi connectivity index (χ1n) is 11.8. The van der Waals surface area contributed by atoms with Gasteiger partial charge < -0.3 is 14.7 Å². The number of aromatic amines is 1. The Kier molecular flexibility index (Phi) is 7.45. The Balaban J connectivity index is 1.29. The summed E-state index contributed by atoms with van der Waals surface area (Å²) in [4.78, 5) is 14.5. The highest BCUT2D eigenvalue weighted by molar-refractivity contribution is 5.94. The van der Waals surface area contributed by atoms with E-state index >= 15 is 0 Å². The van der Waals surface area contributed by atoms with Gasteiger partial charge in [0.05, 0.1) is 24.9 Å². The van der Waals surface area contributed by atoms with Crippen LogP contribution in [-0.2, 0) is 13.0 Å². The molecule has 6 nitrogen and oxygen atoms in total. The van der Waals surface area contributed by atoms with Crippen molar-refractivity contribution in [1.29, 1.82) is 0 Å². The van der Waals surface area contributed by atoms with Crippen LogP contribution in [0.25, 0.3) is 0 Å². The van der Waals surface area contributed by atoms with Crippen molar-refractivity contribution in [3.05, 3.63) is 83.0 Å². The summed E-state index contributed by atoms with van der Waals surface area (Å²) >= 11 is 0. The zero-order valence-electron chi connectivity index (χ0n) is 19.4. The molecule has 1 saturated carbocycles. The second-order valence-corrected chi connectivity index (χ2v) is 9.02. The van der Waals surface area contributed by atoms with E-state index in [1.54, 1.807) is 11.9 Å². The van der Waals surface area contributed by atoms with Crippen molar-refractivity contribution in [2.75, 3.05) is 13.7 Å². The van der Waals surface area contributed by atoms with Gasteiger partial charge in [-0.1, -0.05) is 42.5 Å². The van der Waals surface area contributed by atoms with Gasteiger partial charge in [-0.3, -0.25) is 9.89 Å². The number of carbonyl (C=O) groups excluding carboxylic acids is 1. The third-order valence-corrected chi connectivity index (χ3v) is 6.55. The van der Waals surface area contributed by atoms with Crippen LogP contribution in [0, 0.1) is 11.8 Å². The highest BCUT2D eigenvalue weighted by atomic mass is 16.5. The number of carbonyl (C=O) groups is 1. The van der Waals surface area contributed by atoms with Crippen LogP contribution in [0.2, 0.25) is 0 Å². The van der Waals surface area contributed by atoms with Gasteiger partial charge in [0, 0.05) is 18.7 Å². The van der Waals surface area contributed by atoms with Gasteiger partial charge in [-0.05, 0) is 67.7 Å². The first-order valence-corrected chi connectivity index (χ1v) is 11.8. The van der Waals surface area contributed by atoms with Gasteiger partial charge in [0.2, 0.25) is 5.88 Å². The van der Waals surface area contributed by atoms with Crippen molar-refractivity contribution in [2.45, 2.75) is 45.3 Å². The summed E-state index contributed by atoms with van der Waals surface area (Å²) in [5.74, 6) is 1.40. The molecule has 1 aliphatic rings. The van der Waals surface area contributed by atoms with Crippen molar-refractivity contribution in [1.82, 2.24) is 15.1 Å². The molecule has 1 heterocycles. The quantitative estimate of drug-likeness (QED) is 0.495. The van der Waals surface area contributed by atoms with Gasteiger partial charge in [0.1, 0.15) is 0 Å². The maximum Gasteiger partial charge on any atom is 0.253 e. The Morgan fingerprint density at radius 2 is 1.94 bits per heavy atom. The van der Waals surface area contributed by atoms with Crippen molar-refractivity contribution in [3.8, 4) is 5.88 Å². The predicted molar refractivity (Wildman–Crippen MR) is 128 cm³/mol. The summed E-state index contributed by atoms with van der Waals surface area (Å²) < 4.78 is 5.36. The third kappa shape index (κ3) is 5.82. The lowest BCUT2D eigenvalue weighted by Gasteiger charge is -2.19. The Labute approximate surface area is 195 Å². The molecule has 1 aliphatic carbocycles. The van der Waals surface area contributed by atoms with Crippen LogP contribution in [0.3, 0.4) is 0 Å². The highest BCUT2D eigenvalue weighted by Crippen LogP contribution is 2.40. The number of rotatable bonds is 9. The topological polar surface area (TPSA) is 78.5 Å². The fourth-order valence-corrected chi connectivity index (χ4v) is 4.82. The summed E-state index contributed by atoms with van der Waals surface area (Å²) in [6, 6.07) is 19.7. The Hall–Kier alpha value is -3.12. The van der Waals surface area contributed by atoms with E-state index in [1.807, 2.05) is 55.5 Å². The molecule has 3 atom stereocenters. The number of hydrogen-bond donors (Lipinski definition) is 2. The largest absolute Gasteiger partial charge is 0.477 e. The average Bonchev–Trinajstić information content (AvgIpc) is 3.49. The summed E-state index contributed by atoms with van der Waals surface area (Å²) in [7, 11) is 1.79. The molecule has 0 aliphatic heterocycles. The zero-order chi connectivity index (χ0) is 23.2. The summed E-state index contributed by atoms with van der Waals surface area (Å²) in [5, 5.41) is 17.7. The summed E-state index contributed by atoms with van der Waals surface area (Å²) in [5.41, 5.74) is 3.76. The molecule has 0 spiro atoms. The first-order chi connectivity index (χ1) is 16.0. The molecule has 174 valence electrons. The zero-order valence-corrected chi connectivity index (χ0v) is 19.4. The predicted octanol–water partition coefficient (Wildman–Crippen LogP) is 4.77. The van der Waals surface area contributed by atoms with E-state index in [1.165, 1.54) is 5.56 Å². The lowest BCUT2D eigenvalue weighted by atomic mass is 9.91. The molecular weight excluding hydrogens is 414 g/mol. The molecule has 1 fully saturated rings. The molecule has 3 aromatic rings. The first kappa shape index (κ1) is 23.1. The number of nitrogens with one attached hydrogen (secondary N) is 1. The molecule has 6 heteroatoms. The van der Waals surface area contributed by atoms with Crippen LogP contribution in [0.5, 0.6) is 5.88 Å². The number of nitrogens with zero attached hydrogens (tertiary/aromatic N) is 2. The van der Waals surface area contributed by atoms with Crippen molar-refractivity contribution in [2.24, 2.45) is 11.8 Å². The number of hydrogen-bond acceptors (Lipinski definition) is 4. The van der Waals surface area contributed by atoms with Crippen molar-refractivity contribution < 1.29 is 14.6 Å². The minimum Gasteiger partial charge on any atom is -0.477 e. The van der Waals surface area contributed by atoms with Crippen molar-refractivity contribution >= 4 is 5.91 Å². The van der Waals surface area contributed by atoms with Gasteiger partial charge >= 0.3 is 0 Å². The van der Waals surface area contributed by atoms with Gasteiger partial charge in [-0.15, -0.1) is 5.10 Å². The van der Waals surface area contributed by atoms with Gasteiger partial charge in [-0.25, -0.2) is 0 Å². The second-order valence-electron chi connectivity index (χ2n) is 9.02. The van der Waals surface area contributed by atoms with E-state index in [0.717, 1.165) is 36.9 Å². The molecule has 4 rings (SSSR count). The molecular formula is C27H33N3O3. The molecule has 0 radical (unpaired) electrons. The van der Waals surface area contributed by atoms with E-state index in [-0.39, 0.29) is 12.0 Å². The molecule has 0 bridgehead atoms. The smallest absolute Gasteiger partial charge is 0.253 e. The van der Waals surface area contributed by atoms with Crippen LogP contribution in [-0.4, -0.2) is 39.8 Å². The monoisotopic (exact) mass is 447 g/mol. The highest BCUT2D eigenvalue weighted by Gasteiger charge is 2.30. The second kappa shape index (κ2) is 10.7. The Bertz CT molecular complexity index is 1030. The number of amides is 1. The SMILES string of the molecule is CCOc1cc(CN(C)C(=O)c2ccc(C[C@@H]3CC[C@H]([C@H](O)c4ccccc4)C3)cc2)[nH]n1. The fraction of sp³-hybridized carbons (Fsp3) is 0.407. The maximum absolute atomic E-state index is 12.8. The maximum atomic E-state index is 12.8.